The van der Waals surface area contributed by atoms with Gasteiger partial charge in [0.1, 0.15) is 11.6 Å². The lowest BCUT2D eigenvalue weighted by Gasteiger charge is -2.18. The van der Waals surface area contributed by atoms with Gasteiger partial charge in [0.15, 0.2) is 11.3 Å². The highest BCUT2D eigenvalue weighted by molar-refractivity contribution is 6.30. The van der Waals surface area contributed by atoms with Gasteiger partial charge >= 0.3 is 12.2 Å². The molecule has 0 aliphatic rings. The summed E-state index contributed by atoms with van der Waals surface area (Å²) in [6, 6.07) is 5.68. The Morgan fingerprint density at radius 2 is 2.06 bits per heavy atom. The van der Waals surface area contributed by atoms with Gasteiger partial charge in [-0.25, -0.2) is 9.78 Å². The largest absolute Gasteiger partial charge is 0.493 e. The Bertz CT molecular complexity index is 1070. The Kier molecular flexibility index (Phi) is 7.44. The zero-order valence-corrected chi connectivity index (χ0v) is 18.3. The lowest BCUT2D eigenvalue weighted by molar-refractivity contribution is -0.141. The van der Waals surface area contributed by atoms with Crippen LogP contribution in [0.2, 0.25) is 5.02 Å². The minimum atomic E-state index is -4.59. The molecule has 2 heterocycles. The van der Waals surface area contributed by atoms with Crippen LogP contribution in [0, 0.1) is 0 Å². The number of halogens is 4. The average Bonchev–Trinajstić information content (AvgIpc) is 3.19. The zero-order chi connectivity index (χ0) is 23.3. The predicted molar refractivity (Wildman–Crippen MR) is 114 cm³/mol. The van der Waals surface area contributed by atoms with Crippen LogP contribution in [0.4, 0.5) is 23.8 Å². The minimum absolute atomic E-state index is 0.0829. The van der Waals surface area contributed by atoms with Crippen molar-refractivity contribution < 1.29 is 27.2 Å². The maximum atomic E-state index is 13.1. The lowest BCUT2D eigenvalue weighted by Crippen LogP contribution is -2.33. The normalized spacial score (nSPS) is 11.6. The van der Waals surface area contributed by atoms with E-state index in [0.717, 1.165) is 0 Å². The SMILES string of the molecule is CCCc1c(OCCCN(C)C(=O)Nc2ccc(Cl)cn2)ccc2c(C(F)(F)F)noc12. The van der Waals surface area contributed by atoms with Crippen molar-refractivity contribution in [2.45, 2.75) is 32.4 Å². The summed E-state index contributed by atoms with van der Waals surface area (Å²) in [6.45, 7) is 2.57. The van der Waals surface area contributed by atoms with Crippen LogP contribution in [0.1, 0.15) is 31.0 Å². The highest BCUT2D eigenvalue weighted by Crippen LogP contribution is 2.38. The third-order valence-corrected chi connectivity index (χ3v) is 4.90. The highest BCUT2D eigenvalue weighted by Gasteiger charge is 2.37. The third-order valence-electron chi connectivity index (χ3n) is 4.67. The molecule has 0 radical (unpaired) electrons. The first kappa shape index (κ1) is 23.6. The molecule has 1 N–H and O–H groups in total. The van der Waals surface area contributed by atoms with Crippen LogP contribution >= 0.6 is 11.6 Å². The molecule has 2 aromatic heterocycles. The number of pyridine rings is 1. The number of amides is 2. The molecule has 0 aliphatic heterocycles. The molecule has 3 aromatic rings. The van der Waals surface area contributed by atoms with Crippen molar-refractivity contribution in [2.75, 3.05) is 25.5 Å². The van der Waals surface area contributed by atoms with E-state index in [2.05, 4.69) is 15.5 Å². The van der Waals surface area contributed by atoms with Crippen molar-refractivity contribution in [1.29, 1.82) is 0 Å². The number of carbonyl (C=O) groups excluding carboxylic acids is 1. The number of fused-ring (bicyclic) bond motifs is 1. The molecule has 0 saturated carbocycles. The first-order valence-electron chi connectivity index (χ1n) is 9.95. The van der Waals surface area contributed by atoms with Gasteiger partial charge in [-0.05, 0) is 37.1 Å². The van der Waals surface area contributed by atoms with Gasteiger partial charge in [-0.2, -0.15) is 13.2 Å². The molecule has 11 heteroatoms. The Morgan fingerprint density at radius 1 is 1.28 bits per heavy atom. The number of aryl methyl sites for hydroxylation is 1. The summed E-state index contributed by atoms with van der Waals surface area (Å²) in [5.41, 5.74) is -0.407. The molecule has 0 spiro atoms. The molecule has 1 aromatic carbocycles. The number of hydrogen-bond donors (Lipinski definition) is 1. The van der Waals surface area contributed by atoms with Crippen LogP contribution in [0.25, 0.3) is 11.0 Å². The fraction of sp³-hybridized carbons (Fsp3) is 0.381. The zero-order valence-electron chi connectivity index (χ0n) is 17.5. The van der Waals surface area contributed by atoms with E-state index in [4.69, 9.17) is 20.9 Å². The monoisotopic (exact) mass is 470 g/mol. The summed E-state index contributed by atoms with van der Waals surface area (Å²) >= 11 is 5.77. The average molecular weight is 471 g/mol. The molecule has 2 amide bonds. The van der Waals surface area contributed by atoms with Crippen LogP contribution in [0.15, 0.2) is 35.0 Å². The number of alkyl halides is 3. The van der Waals surface area contributed by atoms with Gasteiger partial charge in [0.25, 0.3) is 0 Å². The summed E-state index contributed by atoms with van der Waals surface area (Å²) in [4.78, 5) is 17.7. The minimum Gasteiger partial charge on any atom is -0.493 e. The van der Waals surface area contributed by atoms with Gasteiger partial charge < -0.3 is 14.2 Å². The second kappa shape index (κ2) is 10.1. The number of aromatic nitrogens is 2. The molecular weight excluding hydrogens is 449 g/mol. The Labute approximate surface area is 187 Å². The van der Waals surface area contributed by atoms with E-state index in [-0.39, 0.29) is 23.6 Å². The Hall–Kier alpha value is -3.01. The van der Waals surface area contributed by atoms with Gasteiger partial charge in [-0.3, -0.25) is 5.32 Å². The van der Waals surface area contributed by atoms with Crippen LogP contribution in [-0.2, 0) is 12.6 Å². The van der Waals surface area contributed by atoms with Gasteiger partial charge in [-0.15, -0.1) is 0 Å². The number of rotatable bonds is 8. The summed E-state index contributed by atoms with van der Waals surface area (Å²) in [5.74, 6) is 0.826. The van der Waals surface area contributed by atoms with E-state index in [1.54, 1.807) is 19.2 Å². The van der Waals surface area contributed by atoms with E-state index in [1.165, 1.54) is 23.2 Å². The summed E-state index contributed by atoms with van der Waals surface area (Å²) in [7, 11) is 1.63. The number of nitrogens with one attached hydrogen (secondary N) is 1. The van der Waals surface area contributed by atoms with Gasteiger partial charge in [0.2, 0.25) is 0 Å². The summed E-state index contributed by atoms with van der Waals surface area (Å²) in [6.07, 6.45) is -1.48. The molecule has 0 saturated heterocycles. The van der Waals surface area contributed by atoms with Crippen molar-refractivity contribution in [2.24, 2.45) is 0 Å². The van der Waals surface area contributed by atoms with Crippen LogP contribution in [0.3, 0.4) is 0 Å². The molecule has 0 atom stereocenters. The fourth-order valence-electron chi connectivity index (χ4n) is 3.11. The van der Waals surface area contributed by atoms with Crippen LogP contribution in [-0.4, -0.2) is 41.3 Å². The van der Waals surface area contributed by atoms with E-state index < -0.39 is 11.9 Å². The van der Waals surface area contributed by atoms with Crippen molar-refractivity contribution in [1.82, 2.24) is 15.0 Å². The predicted octanol–water partition coefficient (Wildman–Crippen LogP) is 5.78. The second-order valence-electron chi connectivity index (χ2n) is 7.11. The van der Waals surface area contributed by atoms with E-state index in [1.807, 2.05) is 6.92 Å². The van der Waals surface area contributed by atoms with Gasteiger partial charge in [-0.1, -0.05) is 30.1 Å². The third kappa shape index (κ3) is 5.61. The van der Waals surface area contributed by atoms with Crippen molar-refractivity contribution in [3.63, 3.8) is 0 Å². The van der Waals surface area contributed by atoms with Crippen molar-refractivity contribution in [3.05, 3.63) is 46.7 Å². The molecule has 32 heavy (non-hydrogen) atoms. The highest BCUT2D eigenvalue weighted by atomic mass is 35.5. The molecule has 0 fully saturated rings. The molecule has 172 valence electrons. The number of hydrogen-bond acceptors (Lipinski definition) is 5. The maximum absolute atomic E-state index is 13.1. The fourth-order valence-corrected chi connectivity index (χ4v) is 3.22. The van der Waals surface area contributed by atoms with Crippen LogP contribution in [0.5, 0.6) is 5.75 Å². The quantitative estimate of drug-likeness (QED) is 0.422. The summed E-state index contributed by atoms with van der Waals surface area (Å²) in [5, 5.41) is 6.25. The smallest absolute Gasteiger partial charge is 0.437 e. The number of benzene rings is 1. The molecule has 0 aliphatic carbocycles. The number of urea groups is 1. The number of anilines is 1. The summed E-state index contributed by atoms with van der Waals surface area (Å²) < 4.78 is 50.2. The van der Waals surface area contributed by atoms with E-state index >= 15 is 0 Å². The van der Waals surface area contributed by atoms with Gasteiger partial charge in [0, 0.05) is 25.4 Å². The maximum Gasteiger partial charge on any atom is 0.437 e. The van der Waals surface area contributed by atoms with Gasteiger partial charge in [0.05, 0.1) is 17.0 Å². The topological polar surface area (TPSA) is 80.5 Å². The first-order valence-corrected chi connectivity index (χ1v) is 10.3. The standard InChI is InChI=1S/C21H22ClF3N4O3/c1-3-5-14-16(8-7-15-18(14)32-28-19(15)21(23,24)25)31-11-4-10-29(2)20(30)27-17-9-6-13(22)12-26-17/h6-9,12H,3-5,10-11H2,1-2H3,(H,26,27,30). The van der Waals surface area contributed by atoms with Crippen LogP contribution < -0.4 is 10.1 Å². The van der Waals surface area contributed by atoms with E-state index in [9.17, 15) is 18.0 Å². The van der Waals surface area contributed by atoms with Crippen molar-refractivity contribution in [3.8, 4) is 5.75 Å². The lowest BCUT2D eigenvalue weighted by atomic mass is 10.0. The second-order valence-corrected chi connectivity index (χ2v) is 7.55. The molecular formula is C21H22ClF3N4O3. The Balaban J connectivity index is 1.59. The van der Waals surface area contributed by atoms with Crippen molar-refractivity contribution >= 4 is 34.4 Å². The molecule has 0 bridgehead atoms. The molecule has 7 nitrogen and oxygen atoms in total. The Morgan fingerprint density at radius 3 is 2.72 bits per heavy atom. The number of ether oxygens (including phenoxy) is 1. The molecule has 0 unspecified atom stereocenters. The van der Waals surface area contributed by atoms with E-state index in [0.29, 0.717) is 48.0 Å². The first-order chi connectivity index (χ1) is 15.2. The number of nitrogens with zero attached hydrogens (tertiary/aromatic N) is 3. The molecule has 3 rings (SSSR count). The number of carbonyl (C=O) groups is 1.